The van der Waals surface area contributed by atoms with E-state index < -0.39 is 10.0 Å². The highest BCUT2D eigenvalue weighted by Crippen LogP contribution is 2.24. The van der Waals surface area contributed by atoms with Crippen molar-refractivity contribution in [3.8, 4) is 0 Å². The Morgan fingerprint density at radius 2 is 1.86 bits per heavy atom. The van der Waals surface area contributed by atoms with Crippen LogP contribution in [-0.2, 0) is 16.4 Å². The molecule has 0 aliphatic rings. The van der Waals surface area contributed by atoms with E-state index in [1.807, 2.05) is 18.2 Å². The van der Waals surface area contributed by atoms with Gasteiger partial charge in [-0.3, -0.25) is 4.72 Å². The van der Waals surface area contributed by atoms with E-state index in [2.05, 4.69) is 20.7 Å². The fraction of sp³-hybridized carbons (Fsp3) is 0.200. The molecule has 2 aromatic carbocycles. The van der Waals surface area contributed by atoms with Gasteiger partial charge in [-0.1, -0.05) is 24.3 Å². The highest BCUT2D eigenvalue weighted by molar-refractivity contribution is 9.10. The van der Waals surface area contributed by atoms with Gasteiger partial charge in [-0.25, -0.2) is 8.42 Å². The Balaban J connectivity index is 2.23. The third-order valence-corrected chi connectivity index (χ3v) is 5.57. The average Bonchev–Trinajstić information content (AvgIpc) is 2.45. The molecule has 3 nitrogen and oxygen atoms in total. The number of halogens is 2. The van der Waals surface area contributed by atoms with Gasteiger partial charge in [0, 0.05) is 16.0 Å². The summed E-state index contributed by atoms with van der Waals surface area (Å²) in [5.74, 6) is 0.590. The van der Waals surface area contributed by atoms with Gasteiger partial charge in [-0.15, -0.1) is 11.6 Å². The summed E-state index contributed by atoms with van der Waals surface area (Å²) in [6.07, 6.45) is 1.69. The van der Waals surface area contributed by atoms with Gasteiger partial charge in [0.25, 0.3) is 10.0 Å². The highest BCUT2D eigenvalue weighted by atomic mass is 79.9. The lowest BCUT2D eigenvalue weighted by molar-refractivity contribution is 0.601. The van der Waals surface area contributed by atoms with Crippen LogP contribution in [0.15, 0.2) is 57.9 Å². The summed E-state index contributed by atoms with van der Waals surface area (Å²) in [7, 11) is -3.60. The van der Waals surface area contributed by atoms with Crippen molar-refractivity contribution in [3.63, 3.8) is 0 Å². The summed E-state index contributed by atoms with van der Waals surface area (Å²) in [4.78, 5) is 0.219. The first-order valence-electron chi connectivity index (χ1n) is 6.45. The molecule has 0 bridgehead atoms. The Morgan fingerprint density at radius 3 is 2.57 bits per heavy atom. The zero-order valence-electron chi connectivity index (χ0n) is 11.2. The van der Waals surface area contributed by atoms with Gasteiger partial charge >= 0.3 is 0 Å². The van der Waals surface area contributed by atoms with Crippen molar-refractivity contribution >= 4 is 43.2 Å². The highest BCUT2D eigenvalue weighted by Gasteiger charge is 2.17. The molecule has 0 spiro atoms. The van der Waals surface area contributed by atoms with Crippen molar-refractivity contribution in [3.05, 3.63) is 58.6 Å². The topological polar surface area (TPSA) is 46.2 Å². The first-order chi connectivity index (χ1) is 10.0. The summed E-state index contributed by atoms with van der Waals surface area (Å²) in [5.41, 5.74) is 1.61. The number of anilines is 1. The number of sulfonamides is 1. The lowest BCUT2D eigenvalue weighted by Gasteiger charge is -2.10. The summed E-state index contributed by atoms with van der Waals surface area (Å²) in [6.45, 7) is 0. The van der Waals surface area contributed by atoms with Gasteiger partial charge in [0.1, 0.15) is 4.90 Å². The minimum atomic E-state index is -3.60. The molecule has 2 rings (SSSR count). The van der Waals surface area contributed by atoms with Crippen molar-refractivity contribution in [2.24, 2.45) is 0 Å². The molecule has 1 N–H and O–H groups in total. The maximum atomic E-state index is 12.4. The number of benzene rings is 2. The lowest BCUT2D eigenvalue weighted by atomic mass is 10.1. The zero-order chi connectivity index (χ0) is 15.3. The minimum absolute atomic E-state index is 0.219. The molecule has 21 heavy (non-hydrogen) atoms. The second kappa shape index (κ2) is 7.29. The molecule has 0 saturated heterocycles. The van der Waals surface area contributed by atoms with Crippen molar-refractivity contribution < 1.29 is 8.42 Å². The summed E-state index contributed by atoms with van der Waals surface area (Å²) >= 11 is 8.94. The number of hydrogen-bond donors (Lipinski definition) is 1. The van der Waals surface area contributed by atoms with Gasteiger partial charge < -0.3 is 0 Å². The van der Waals surface area contributed by atoms with Crippen LogP contribution >= 0.6 is 27.5 Å². The first-order valence-corrected chi connectivity index (χ1v) is 9.26. The second-order valence-electron chi connectivity index (χ2n) is 4.53. The molecule has 0 atom stereocenters. The molecule has 2 aromatic rings. The number of nitrogens with one attached hydrogen (secondary N) is 1. The predicted molar refractivity (Wildman–Crippen MR) is 90.4 cm³/mol. The van der Waals surface area contributed by atoms with Crippen molar-refractivity contribution in [2.45, 2.75) is 17.7 Å². The molecule has 0 unspecified atom stereocenters. The fourth-order valence-electron chi connectivity index (χ4n) is 1.93. The largest absolute Gasteiger partial charge is 0.280 e. The average molecular weight is 389 g/mol. The van der Waals surface area contributed by atoms with Crippen LogP contribution in [0, 0.1) is 0 Å². The monoisotopic (exact) mass is 387 g/mol. The van der Waals surface area contributed by atoms with Gasteiger partial charge in [0.2, 0.25) is 0 Å². The molecule has 112 valence electrons. The second-order valence-corrected chi connectivity index (χ2v) is 7.41. The maximum absolute atomic E-state index is 12.4. The molecule has 0 saturated carbocycles. The molecule has 6 heteroatoms. The normalized spacial score (nSPS) is 11.3. The molecule has 0 fully saturated rings. The van der Waals surface area contributed by atoms with E-state index in [0.717, 1.165) is 18.4 Å². The molecule has 0 radical (unpaired) electrons. The van der Waals surface area contributed by atoms with Crippen LogP contribution < -0.4 is 4.72 Å². The van der Waals surface area contributed by atoms with Crippen molar-refractivity contribution in [2.75, 3.05) is 10.6 Å². The predicted octanol–water partition coefficient (Wildman–Crippen LogP) is 4.42. The Morgan fingerprint density at radius 1 is 1.10 bits per heavy atom. The molecular formula is C15H15BrClNO2S. The van der Waals surface area contributed by atoms with E-state index in [-0.39, 0.29) is 4.90 Å². The molecule has 0 aromatic heterocycles. The Labute approximate surface area is 138 Å². The van der Waals surface area contributed by atoms with E-state index in [1.165, 1.54) is 0 Å². The Kier molecular flexibility index (Phi) is 5.67. The van der Waals surface area contributed by atoms with Crippen LogP contribution in [-0.4, -0.2) is 14.3 Å². The van der Waals surface area contributed by atoms with E-state index in [4.69, 9.17) is 11.6 Å². The standard InChI is InChI=1S/C15H15BrClNO2S/c16-14-8-1-2-9-15(14)21(19,20)18-13-7-3-5-12(11-13)6-4-10-17/h1-3,5,7-9,11,18H,4,6,10H2. The quantitative estimate of drug-likeness (QED) is 0.745. The number of aryl methyl sites for hydroxylation is 1. The molecule has 0 heterocycles. The van der Waals surface area contributed by atoms with E-state index in [1.54, 1.807) is 30.3 Å². The van der Waals surface area contributed by atoms with Crippen molar-refractivity contribution in [1.82, 2.24) is 0 Å². The Bertz CT molecular complexity index is 719. The Hall–Kier alpha value is -1.04. The van der Waals surface area contributed by atoms with Gasteiger partial charge in [0.15, 0.2) is 0 Å². The van der Waals surface area contributed by atoms with Crippen LogP contribution in [0.2, 0.25) is 0 Å². The van der Waals surface area contributed by atoms with Gasteiger partial charge in [-0.2, -0.15) is 0 Å². The molecule has 0 aliphatic heterocycles. The SMILES string of the molecule is O=S(=O)(Nc1cccc(CCCCl)c1)c1ccccc1Br. The molecule has 0 amide bonds. The van der Waals surface area contributed by atoms with Crippen LogP contribution in [0.5, 0.6) is 0 Å². The van der Waals surface area contributed by atoms with Crippen molar-refractivity contribution in [1.29, 1.82) is 0 Å². The maximum Gasteiger partial charge on any atom is 0.263 e. The van der Waals surface area contributed by atoms with Crippen LogP contribution in [0.1, 0.15) is 12.0 Å². The van der Waals surface area contributed by atoms with E-state index >= 15 is 0 Å². The third-order valence-electron chi connectivity index (χ3n) is 2.90. The summed E-state index contributed by atoms with van der Waals surface area (Å²) in [6, 6.07) is 14.1. The van der Waals surface area contributed by atoms with E-state index in [0.29, 0.717) is 16.0 Å². The van der Waals surface area contributed by atoms with Gasteiger partial charge in [0.05, 0.1) is 0 Å². The number of rotatable bonds is 6. The van der Waals surface area contributed by atoms with Crippen LogP contribution in [0.25, 0.3) is 0 Å². The minimum Gasteiger partial charge on any atom is -0.280 e. The van der Waals surface area contributed by atoms with Crippen LogP contribution in [0.3, 0.4) is 0 Å². The first kappa shape index (κ1) is 16.3. The third kappa shape index (κ3) is 4.46. The zero-order valence-corrected chi connectivity index (χ0v) is 14.4. The molecule has 0 aliphatic carbocycles. The van der Waals surface area contributed by atoms with E-state index in [9.17, 15) is 8.42 Å². The smallest absolute Gasteiger partial charge is 0.263 e. The summed E-state index contributed by atoms with van der Waals surface area (Å²) < 4.78 is 27.9. The molecular weight excluding hydrogens is 374 g/mol. The fourth-order valence-corrected chi connectivity index (χ4v) is 4.12. The van der Waals surface area contributed by atoms with Crippen LogP contribution in [0.4, 0.5) is 5.69 Å². The lowest BCUT2D eigenvalue weighted by Crippen LogP contribution is -2.13. The summed E-state index contributed by atoms with van der Waals surface area (Å²) in [5, 5.41) is 0. The number of hydrogen-bond acceptors (Lipinski definition) is 2. The van der Waals surface area contributed by atoms with Gasteiger partial charge in [-0.05, 0) is 58.6 Å². The number of alkyl halides is 1.